The van der Waals surface area contributed by atoms with Gasteiger partial charge in [0, 0.05) is 5.56 Å². The molecular formula is C15H11N3O. The first-order chi connectivity index (χ1) is 9.30. The number of ether oxygens (including phenoxy) is 1. The summed E-state index contributed by atoms with van der Waals surface area (Å²) in [4.78, 5) is 7.73. The van der Waals surface area contributed by atoms with Crippen molar-refractivity contribution in [2.24, 2.45) is 0 Å². The molecule has 2 aromatic carbocycles. The molecule has 1 N–H and O–H groups in total. The van der Waals surface area contributed by atoms with Gasteiger partial charge in [0.05, 0.1) is 29.8 Å². The van der Waals surface area contributed by atoms with E-state index in [0.29, 0.717) is 5.56 Å². The quantitative estimate of drug-likeness (QED) is 0.759. The average Bonchev–Trinajstić information content (AvgIpc) is 2.90. The highest BCUT2D eigenvalue weighted by atomic mass is 16.5. The molecule has 1 aromatic heterocycles. The number of nitriles is 1. The van der Waals surface area contributed by atoms with Gasteiger partial charge in [-0.05, 0) is 30.3 Å². The van der Waals surface area contributed by atoms with E-state index in [1.165, 1.54) is 0 Å². The number of nitrogens with one attached hydrogen (secondary N) is 1. The molecule has 0 fully saturated rings. The smallest absolute Gasteiger partial charge is 0.138 e. The van der Waals surface area contributed by atoms with E-state index < -0.39 is 0 Å². The van der Waals surface area contributed by atoms with Gasteiger partial charge in [0.15, 0.2) is 0 Å². The zero-order valence-corrected chi connectivity index (χ0v) is 10.3. The van der Waals surface area contributed by atoms with Gasteiger partial charge in [-0.3, -0.25) is 0 Å². The Morgan fingerprint density at radius 1 is 1.21 bits per heavy atom. The van der Waals surface area contributed by atoms with E-state index in [2.05, 4.69) is 16.0 Å². The number of methoxy groups -OCH3 is 1. The third kappa shape index (κ3) is 2.02. The number of nitrogens with zero attached hydrogens (tertiary/aromatic N) is 2. The molecule has 0 bridgehead atoms. The fraction of sp³-hybridized carbons (Fsp3) is 0.0667. The van der Waals surface area contributed by atoms with E-state index in [4.69, 9.17) is 10.00 Å². The van der Waals surface area contributed by atoms with E-state index >= 15 is 0 Å². The second-order valence-corrected chi connectivity index (χ2v) is 4.16. The van der Waals surface area contributed by atoms with Crippen molar-refractivity contribution < 1.29 is 4.74 Å². The molecule has 3 rings (SSSR count). The third-order valence-electron chi connectivity index (χ3n) is 2.95. The Morgan fingerprint density at radius 2 is 2.11 bits per heavy atom. The normalized spacial score (nSPS) is 10.3. The van der Waals surface area contributed by atoms with Gasteiger partial charge in [-0.1, -0.05) is 12.1 Å². The fourth-order valence-electron chi connectivity index (χ4n) is 1.99. The van der Waals surface area contributed by atoms with E-state index in [1.54, 1.807) is 19.2 Å². The van der Waals surface area contributed by atoms with E-state index in [0.717, 1.165) is 28.2 Å². The molecule has 0 atom stereocenters. The lowest BCUT2D eigenvalue weighted by molar-refractivity contribution is 0.415. The van der Waals surface area contributed by atoms with Crippen molar-refractivity contribution in [3.63, 3.8) is 0 Å². The molecule has 0 radical (unpaired) electrons. The summed E-state index contributed by atoms with van der Waals surface area (Å²) in [6, 6.07) is 15.2. The molecular weight excluding hydrogens is 238 g/mol. The SMILES string of the molecule is COc1cccc(-c2nc3ccc(C#N)cc3[nH]2)c1. The lowest BCUT2D eigenvalue weighted by Gasteiger charge is -2.01. The highest BCUT2D eigenvalue weighted by Gasteiger charge is 2.06. The lowest BCUT2D eigenvalue weighted by atomic mass is 10.2. The number of fused-ring (bicyclic) bond motifs is 1. The molecule has 0 saturated carbocycles. The minimum Gasteiger partial charge on any atom is -0.497 e. The van der Waals surface area contributed by atoms with E-state index in [-0.39, 0.29) is 0 Å². The van der Waals surface area contributed by atoms with Gasteiger partial charge in [0.2, 0.25) is 0 Å². The molecule has 0 aliphatic carbocycles. The summed E-state index contributed by atoms with van der Waals surface area (Å²) in [6.07, 6.45) is 0. The van der Waals surface area contributed by atoms with Crippen LogP contribution in [-0.4, -0.2) is 17.1 Å². The van der Waals surface area contributed by atoms with Gasteiger partial charge < -0.3 is 9.72 Å². The van der Waals surface area contributed by atoms with Crippen molar-refractivity contribution in [3.05, 3.63) is 48.0 Å². The van der Waals surface area contributed by atoms with Gasteiger partial charge >= 0.3 is 0 Å². The number of aromatic nitrogens is 2. The van der Waals surface area contributed by atoms with Crippen molar-refractivity contribution in [2.75, 3.05) is 7.11 Å². The van der Waals surface area contributed by atoms with Crippen LogP contribution in [0.2, 0.25) is 0 Å². The Kier molecular flexibility index (Phi) is 2.66. The number of aromatic amines is 1. The number of hydrogen-bond acceptors (Lipinski definition) is 3. The van der Waals surface area contributed by atoms with Gasteiger partial charge in [0.1, 0.15) is 11.6 Å². The minimum absolute atomic E-state index is 0.619. The molecule has 3 aromatic rings. The number of hydrogen-bond donors (Lipinski definition) is 1. The van der Waals surface area contributed by atoms with Crippen LogP contribution >= 0.6 is 0 Å². The molecule has 0 unspecified atom stereocenters. The number of H-pyrrole nitrogens is 1. The summed E-state index contributed by atoms with van der Waals surface area (Å²) in [6.45, 7) is 0. The van der Waals surface area contributed by atoms with Crippen molar-refractivity contribution >= 4 is 11.0 Å². The Morgan fingerprint density at radius 3 is 2.89 bits per heavy atom. The van der Waals surface area contributed by atoms with Crippen molar-refractivity contribution in [3.8, 4) is 23.2 Å². The van der Waals surface area contributed by atoms with Crippen LogP contribution in [0.1, 0.15) is 5.56 Å². The molecule has 0 aliphatic heterocycles. The molecule has 1 heterocycles. The Hall–Kier alpha value is -2.80. The maximum atomic E-state index is 8.89. The molecule has 0 spiro atoms. The molecule has 0 aliphatic rings. The molecule has 4 nitrogen and oxygen atoms in total. The predicted molar refractivity (Wildman–Crippen MR) is 72.8 cm³/mol. The van der Waals surface area contributed by atoms with Crippen LogP contribution in [0.15, 0.2) is 42.5 Å². The van der Waals surface area contributed by atoms with Crippen LogP contribution in [0, 0.1) is 11.3 Å². The predicted octanol–water partition coefficient (Wildman–Crippen LogP) is 3.11. The molecule has 4 heteroatoms. The zero-order chi connectivity index (χ0) is 13.2. The first kappa shape index (κ1) is 11.3. The Labute approximate surface area is 110 Å². The highest BCUT2D eigenvalue weighted by molar-refractivity contribution is 5.80. The van der Waals surface area contributed by atoms with Gasteiger partial charge in [0.25, 0.3) is 0 Å². The first-order valence-electron chi connectivity index (χ1n) is 5.84. The first-order valence-corrected chi connectivity index (χ1v) is 5.84. The summed E-state index contributed by atoms with van der Waals surface area (Å²) in [7, 11) is 1.64. The molecule has 0 amide bonds. The lowest BCUT2D eigenvalue weighted by Crippen LogP contribution is -1.84. The minimum atomic E-state index is 0.619. The second-order valence-electron chi connectivity index (χ2n) is 4.16. The number of imidazole rings is 1. The maximum absolute atomic E-state index is 8.89. The molecule has 19 heavy (non-hydrogen) atoms. The van der Waals surface area contributed by atoms with Crippen LogP contribution in [0.4, 0.5) is 0 Å². The topological polar surface area (TPSA) is 61.7 Å². The Balaban J connectivity index is 2.12. The van der Waals surface area contributed by atoms with Crippen LogP contribution in [-0.2, 0) is 0 Å². The van der Waals surface area contributed by atoms with Crippen LogP contribution in [0.3, 0.4) is 0 Å². The van der Waals surface area contributed by atoms with Crippen LogP contribution < -0.4 is 4.74 Å². The van der Waals surface area contributed by atoms with Crippen molar-refractivity contribution in [1.82, 2.24) is 9.97 Å². The number of benzene rings is 2. The zero-order valence-electron chi connectivity index (χ0n) is 10.3. The van der Waals surface area contributed by atoms with Crippen LogP contribution in [0.25, 0.3) is 22.4 Å². The standard InChI is InChI=1S/C15H11N3O/c1-19-12-4-2-3-11(8-12)15-17-13-6-5-10(9-16)7-14(13)18-15/h2-8H,1H3,(H,17,18). The summed E-state index contributed by atoms with van der Waals surface area (Å²) in [5.74, 6) is 1.56. The van der Waals surface area contributed by atoms with E-state index in [1.807, 2.05) is 30.3 Å². The Bertz CT molecular complexity index is 783. The van der Waals surface area contributed by atoms with Crippen molar-refractivity contribution in [1.29, 1.82) is 5.26 Å². The largest absolute Gasteiger partial charge is 0.497 e. The molecule has 92 valence electrons. The van der Waals surface area contributed by atoms with Crippen LogP contribution in [0.5, 0.6) is 5.75 Å². The number of rotatable bonds is 2. The summed E-state index contributed by atoms with van der Waals surface area (Å²) in [5, 5.41) is 8.89. The third-order valence-corrected chi connectivity index (χ3v) is 2.95. The maximum Gasteiger partial charge on any atom is 0.138 e. The van der Waals surface area contributed by atoms with Gasteiger partial charge in [-0.2, -0.15) is 5.26 Å². The monoisotopic (exact) mass is 249 g/mol. The summed E-state index contributed by atoms with van der Waals surface area (Å²) in [5.41, 5.74) is 3.27. The van der Waals surface area contributed by atoms with Crippen molar-refractivity contribution in [2.45, 2.75) is 0 Å². The van der Waals surface area contributed by atoms with Gasteiger partial charge in [-0.15, -0.1) is 0 Å². The summed E-state index contributed by atoms with van der Waals surface area (Å²) < 4.78 is 5.20. The fourth-order valence-corrected chi connectivity index (χ4v) is 1.99. The highest BCUT2D eigenvalue weighted by Crippen LogP contribution is 2.24. The summed E-state index contributed by atoms with van der Waals surface area (Å²) >= 11 is 0. The van der Waals surface area contributed by atoms with Gasteiger partial charge in [-0.25, -0.2) is 4.98 Å². The van der Waals surface area contributed by atoms with E-state index in [9.17, 15) is 0 Å². The molecule has 0 saturated heterocycles. The second kappa shape index (κ2) is 4.46. The average molecular weight is 249 g/mol.